The number of fused-ring (bicyclic) bond motifs is 1. The van der Waals surface area contributed by atoms with Crippen LogP contribution in [0.15, 0.2) is 18.2 Å². The molecule has 0 saturated heterocycles. The molecule has 17 heavy (non-hydrogen) atoms. The third-order valence-electron chi connectivity index (χ3n) is 3.86. The number of imidazole rings is 1. The Morgan fingerprint density at radius 2 is 2.06 bits per heavy atom. The summed E-state index contributed by atoms with van der Waals surface area (Å²) in [6, 6.07) is 4.83. The molecule has 0 amide bonds. The van der Waals surface area contributed by atoms with Crippen molar-refractivity contribution in [2.24, 2.45) is 0 Å². The lowest BCUT2D eigenvalue weighted by Gasteiger charge is -2.26. The van der Waals surface area contributed by atoms with Crippen molar-refractivity contribution in [2.45, 2.75) is 38.1 Å². The van der Waals surface area contributed by atoms with Crippen LogP contribution < -0.4 is 0 Å². The van der Waals surface area contributed by atoms with E-state index in [4.69, 9.17) is 12.2 Å². The molecule has 2 nitrogen and oxygen atoms in total. The molecule has 1 aromatic carbocycles. The van der Waals surface area contributed by atoms with Crippen molar-refractivity contribution in [2.75, 3.05) is 0 Å². The van der Waals surface area contributed by atoms with E-state index in [1.165, 1.54) is 25.0 Å². The lowest BCUT2D eigenvalue weighted by molar-refractivity contribution is 0.335. The molecule has 1 saturated carbocycles. The Morgan fingerprint density at radius 3 is 2.76 bits per heavy atom. The molecule has 4 heteroatoms. The molecule has 1 N–H and O–H groups in total. The minimum absolute atomic E-state index is 0.0904. The highest BCUT2D eigenvalue weighted by Gasteiger charge is 2.32. The van der Waals surface area contributed by atoms with Gasteiger partial charge in [0.25, 0.3) is 0 Å². The fraction of sp³-hybridized carbons (Fsp3) is 0.462. The summed E-state index contributed by atoms with van der Waals surface area (Å²) in [4.78, 5) is 3.11. The SMILES string of the molecule is CC1(n2c(=S)[nH]c3cc(F)ccc32)CCCC1. The first-order valence-corrected chi connectivity index (χ1v) is 6.42. The van der Waals surface area contributed by atoms with Crippen molar-refractivity contribution in [1.82, 2.24) is 9.55 Å². The molecule has 3 rings (SSSR count). The van der Waals surface area contributed by atoms with Crippen LogP contribution in [0.3, 0.4) is 0 Å². The molecule has 1 aromatic heterocycles. The van der Waals surface area contributed by atoms with Gasteiger partial charge in [0.05, 0.1) is 11.0 Å². The Labute approximate surface area is 104 Å². The minimum atomic E-state index is -0.225. The molecular formula is C13H15FN2S. The maximum atomic E-state index is 13.2. The van der Waals surface area contributed by atoms with Gasteiger partial charge in [0, 0.05) is 5.54 Å². The van der Waals surface area contributed by atoms with Crippen LogP contribution in [0.25, 0.3) is 11.0 Å². The second kappa shape index (κ2) is 3.67. The Morgan fingerprint density at radius 1 is 1.35 bits per heavy atom. The van der Waals surface area contributed by atoms with E-state index >= 15 is 0 Å². The first-order valence-electron chi connectivity index (χ1n) is 6.01. The normalized spacial score (nSPS) is 18.9. The van der Waals surface area contributed by atoms with Crippen LogP contribution in [0.4, 0.5) is 4.39 Å². The summed E-state index contributed by atoms with van der Waals surface area (Å²) in [5.41, 5.74) is 1.90. The number of nitrogens with one attached hydrogen (secondary N) is 1. The van der Waals surface area contributed by atoms with Gasteiger partial charge >= 0.3 is 0 Å². The highest BCUT2D eigenvalue weighted by atomic mass is 32.1. The Bertz CT molecular complexity index is 620. The molecule has 0 unspecified atom stereocenters. The number of aromatic nitrogens is 2. The molecule has 0 spiro atoms. The maximum Gasteiger partial charge on any atom is 0.178 e. The molecule has 90 valence electrons. The number of hydrogen-bond acceptors (Lipinski definition) is 1. The molecule has 2 aromatic rings. The molecule has 0 bridgehead atoms. The van der Waals surface area contributed by atoms with Crippen LogP contribution >= 0.6 is 12.2 Å². The average Bonchev–Trinajstić information content (AvgIpc) is 2.81. The molecule has 0 radical (unpaired) electrons. The van der Waals surface area contributed by atoms with Gasteiger partial charge < -0.3 is 9.55 Å². The van der Waals surface area contributed by atoms with Crippen LogP contribution in [0, 0.1) is 10.6 Å². The van der Waals surface area contributed by atoms with Gasteiger partial charge in [-0.1, -0.05) is 12.8 Å². The van der Waals surface area contributed by atoms with E-state index < -0.39 is 0 Å². The zero-order valence-corrected chi connectivity index (χ0v) is 10.6. The lowest BCUT2D eigenvalue weighted by Crippen LogP contribution is -2.26. The van der Waals surface area contributed by atoms with Crippen LogP contribution in [0.1, 0.15) is 32.6 Å². The van der Waals surface area contributed by atoms with E-state index in [2.05, 4.69) is 16.5 Å². The van der Waals surface area contributed by atoms with E-state index in [0.717, 1.165) is 23.9 Å². The summed E-state index contributed by atoms with van der Waals surface area (Å²) in [6.45, 7) is 2.24. The van der Waals surface area contributed by atoms with Crippen LogP contribution in [-0.4, -0.2) is 9.55 Å². The quantitative estimate of drug-likeness (QED) is 0.755. The minimum Gasteiger partial charge on any atom is -0.330 e. The van der Waals surface area contributed by atoms with Crippen molar-refractivity contribution >= 4 is 23.3 Å². The average molecular weight is 250 g/mol. The van der Waals surface area contributed by atoms with Gasteiger partial charge in [0.1, 0.15) is 5.82 Å². The fourth-order valence-corrected chi connectivity index (χ4v) is 3.41. The van der Waals surface area contributed by atoms with Crippen molar-refractivity contribution in [1.29, 1.82) is 0 Å². The molecule has 1 heterocycles. The van der Waals surface area contributed by atoms with Gasteiger partial charge in [-0.15, -0.1) is 0 Å². The van der Waals surface area contributed by atoms with Crippen LogP contribution in [0.5, 0.6) is 0 Å². The number of aromatic amines is 1. The second-order valence-electron chi connectivity index (χ2n) is 5.13. The molecule has 0 aliphatic heterocycles. The number of nitrogens with zero attached hydrogens (tertiary/aromatic N) is 1. The Hall–Kier alpha value is -1.16. The highest BCUT2D eigenvalue weighted by molar-refractivity contribution is 7.71. The number of benzene rings is 1. The third-order valence-corrected chi connectivity index (χ3v) is 4.15. The predicted octanol–water partition coefficient (Wildman–Crippen LogP) is 4.13. The van der Waals surface area contributed by atoms with E-state index in [1.807, 2.05) is 6.07 Å². The zero-order valence-electron chi connectivity index (χ0n) is 9.79. The molecule has 1 aliphatic carbocycles. The number of H-pyrrole nitrogens is 1. The van der Waals surface area contributed by atoms with Gasteiger partial charge in [-0.25, -0.2) is 4.39 Å². The van der Waals surface area contributed by atoms with Crippen molar-refractivity contribution in [3.8, 4) is 0 Å². The zero-order chi connectivity index (χ0) is 12.0. The maximum absolute atomic E-state index is 13.2. The van der Waals surface area contributed by atoms with Gasteiger partial charge in [-0.05, 0) is 50.2 Å². The number of hydrogen-bond donors (Lipinski definition) is 1. The number of rotatable bonds is 1. The fourth-order valence-electron chi connectivity index (χ4n) is 2.98. The first-order chi connectivity index (χ1) is 8.10. The molecule has 1 aliphatic rings. The Kier molecular flexibility index (Phi) is 2.36. The predicted molar refractivity (Wildman–Crippen MR) is 69.2 cm³/mol. The first kappa shape index (κ1) is 11.0. The van der Waals surface area contributed by atoms with Gasteiger partial charge in [0.15, 0.2) is 4.77 Å². The molecule has 1 fully saturated rings. The highest BCUT2D eigenvalue weighted by Crippen LogP contribution is 2.38. The third kappa shape index (κ3) is 1.62. The summed E-state index contributed by atoms with van der Waals surface area (Å²) in [5, 5.41) is 0. The Balaban J connectivity index is 2.29. The lowest BCUT2D eigenvalue weighted by atomic mass is 10.0. The van der Waals surface area contributed by atoms with E-state index in [9.17, 15) is 4.39 Å². The van der Waals surface area contributed by atoms with E-state index in [1.54, 1.807) is 0 Å². The topological polar surface area (TPSA) is 20.7 Å². The van der Waals surface area contributed by atoms with Crippen LogP contribution in [0.2, 0.25) is 0 Å². The standard InChI is InChI=1S/C13H15FN2S/c1-13(6-2-3-7-13)16-11-5-4-9(14)8-10(11)15-12(16)17/h4-5,8H,2-3,6-7H2,1H3,(H,15,17). The van der Waals surface area contributed by atoms with Crippen molar-refractivity contribution < 1.29 is 4.39 Å². The smallest absolute Gasteiger partial charge is 0.178 e. The summed E-state index contributed by atoms with van der Waals surface area (Å²) in [6.07, 6.45) is 4.77. The summed E-state index contributed by atoms with van der Waals surface area (Å²) in [7, 11) is 0. The van der Waals surface area contributed by atoms with Gasteiger partial charge in [-0.3, -0.25) is 0 Å². The monoisotopic (exact) mass is 250 g/mol. The molecule has 0 atom stereocenters. The van der Waals surface area contributed by atoms with E-state index in [0.29, 0.717) is 4.77 Å². The summed E-state index contributed by atoms with van der Waals surface area (Å²) < 4.78 is 16.1. The van der Waals surface area contributed by atoms with E-state index in [-0.39, 0.29) is 11.4 Å². The largest absolute Gasteiger partial charge is 0.330 e. The molecular weight excluding hydrogens is 235 g/mol. The second-order valence-corrected chi connectivity index (χ2v) is 5.52. The number of halogens is 1. The summed E-state index contributed by atoms with van der Waals surface area (Å²) in [5.74, 6) is -0.225. The summed E-state index contributed by atoms with van der Waals surface area (Å²) >= 11 is 5.39. The van der Waals surface area contributed by atoms with Crippen LogP contribution in [-0.2, 0) is 5.54 Å². The van der Waals surface area contributed by atoms with Gasteiger partial charge in [0.2, 0.25) is 0 Å². The van der Waals surface area contributed by atoms with Crippen molar-refractivity contribution in [3.05, 3.63) is 28.8 Å². The van der Waals surface area contributed by atoms with Gasteiger partial charge in [-0.2, -0.15) is 0 Å². The van der Waals surface area contributed by atoms with Crippen molar-refractivity contribution in [3.63, 3.8) is 0 Å².